The van der Waals surface area contributed by atoms with Crippen molar-refractivity contribution in [1.29, 1.82) is 5.26 Å². The number of nitriles is 1. The van der Waals surface area contributed by atoms with E-state index >= 15 is 0 Å². The van der Waals surface area contributed by atoms with Crippen LogP contribution in [-0.4, -0.2) is 31.3 Å². The Hall–Kier alpha value is -4.29. The molecule has 2 aromatic carbocycles. The van der Waals surface area contributed by atoms with E-state index in [4.69, 9.17) is 30.3 Å². The molecule has 3 aromatic rings. The lowest BCUT2D eigenvalue weighted by Crippen LogP contribution is -2.13. The Kier molecular flexibility index (Phi) is 7.33. The summed E-state index contributed by atoms with van der Waals surface area (Å²) in [6.45, 7) is 1.67. The number of methoxy groups -OCH3 is 2. The predicted octanol–water partition coefficient (Wildman–Crippen LogP) is 4.42. The number of esters is 1. The molecule has 3 rings (SSSR count). The molecular weight excluding hydrogens is 450 g/mol. The normalized spacial score (nSPS) is 10.8. The zero-order valence-electron chi connectivity index (χ0n) is 17.8. The quantitative estimate of drug-likeness (QED) is 0.234. The Balaban J connectivity index is 1.86. The Bertz CT molecular complexity index is 1280. The summed E-state index contributed by atoms with van der Waals surface area (Å²) in [5.74, 6) is -0.0599. The lowest BCUT2D eigenvalue weighted by atomic mass is 10.1. The Morgan fingerprint density at radius 2 is 1.97 bits per heavy atom. The molecule has 0 aliphatic rings. The molecule has 168 valence electrons. The molecule has 1 amide bonds. The van der Waals surface area contributed by atoms with Crippen LogP contribution in [0.3, 0.4) is 0 Å². The number of nitrogens with one attached hydrogen (secondary N) is 1. The van der Waals surface area contributed by atoms with Crippen LogP contribution in [0.4, 0.5) is 5.82 Å². The molecule has 0 radical (unpaired) electrons. The molecule has 0 atom stereocenters. The fourth-order valence-electron chi connectivity index (χ4n) is 2.75. The molecule has 0 aliphatic heterocycles. The maximum atomic E-state index is 12.6. The first-order valence-corrected chi connectivity index (χ1v) is 9.82. The van der Waals surface area contributed by atoms with Crippen LogP contribution in [0.15, 0.2) is 52.6 Å². The van der Waals surface area contributed by atoms with Crippen molar-refractivity contribution in [3.8, 4) is 23.3 Å². The number of anilines is 1. The van der Waals surface area contributed by atoms with Gasteiger partial charge in [-0.2, -0.15) is 5.26 Å². The maximum Gasteiger partial charge on any atom is 0.343 e. The number of aryl methyl sites for hydroxylation is 1. The summed E-state index contributed by atoms with van der Waals surface area (Å²) in [6.07, 6.45) is 1.31. The fraction of sp³-hybridized carbons (Fsp3) is 0.130. The summed E-state index contributed by atoms with van der Waals surface area (Å²) in [5.41, 5.74) is 0.416. The third-order valence-corrected chi connectivity index (χ3v) is 4.58. The van der Waals surface area contributed by atoms with Gasteiger partial charge in [-0.15, -0.1) is 0 Å². The molecule has 1 heterocycles. The number of nitrogens with zero attached hydrogens (tertiary/aromatic N) is 2. The minimum absolute atomic E-state index is 0.00910. The average molecular weight is 468 g/mol. The lowest BCUT2D eigenvalue weighted by molar-refractivity contribution is -0.112. The van der Waals surface area contributed by atoms with Crippen LogP contribution in [0.25, 0.3) is 6.08 Å². The van der Waals surface area contributed by atoms with Crippen LogP contribution in [0, 0.1) is 18.3 Å². The summed E-state index contributed by atoms with van der Waals surface area (Å²) in [7, 11) is 2.85. The minimum Gasteiger partial charge on any atom is -0.497 e. The van der Waals surface area contributed by atoms with Gasteiger partial charge in [0.25, 0.3) is 5.91 Å². The molecule has 0 saturated heterocycles. The van der Waals surface area contributed by atoms with Crippen molar-refractivity contribution in [2.75, 3.05) is 19.5 Å². The zero-order valence-corrected chi connectivity index (χ0v) is 18.6. The number of carbonyl (C=O) groups is 2. The van der Waals surface area contributed by atoms with Crippen LogP contribution in [-0.2, 0) is 4.79 Å². The number of benzene rings is 2. The van der Waals surface area contributed by atoms with E-state index in [0.29, 0.717) is 17.1 Å². The summed E-state index contributed by atoms with van der Waals surface area (Å²) in [4.78, 5) is 25.0. The molecule has 0 aliphatic carbocycles. The average Bonchev–Trinajstić information content (AvgIpc) is 3.22. The molecule has 9 nitrogen and oxygen atoms in total. The number of halogens is 1. The largest absolute Gasteiger partial charge is 0.497 e. The first kappa shape index (κ1) is 23.4. The lowest BCUT2D eigenvalue weighted by Gasteiger charge is -2.12. The van der Waals surface area contributed by atoms with Gasteiger partial charge in [0, 0.05) is 6.07 Å². The van der Waals surface area contributed by atoms with Crippen molar-refractivity contribution in [3.05, 3.63) is 69.9 Å². The highest BCUT2D eigenvalue weighted by Crippen LogP contribution is 2.37. The third kappa shape index (κ3) is 5.70. The summed E-state index contributed by atoms with van der Waals surface area (Å²) in [5, 5.41) is 15.6. The van der Waals surface area contributed by atoms with Crippen LogP contribution in [0.2, 0.25) is 5.02 Å². The van der Waals surface area contributed by atoms with Gasteiger partial charge in [-0.05, 0) is 48.9 Å². The molecule has 1 N–H and O–H groups in total. The molecule has 1 aromatic heterocycles. The number of ether oxygens (including phenoxy) is 3. The first-order valence-electron chi connectivity index (χ1n) is 9.44. The van der Waals surface area contributed by atoms with Gasteiger partial charge in [-0.25, -0.2) is 4.79 Å². The van der Waals surface area contributed by atoms with Crippen LogP contribution in [0.5, 0.6) is 17.2 Å². The molecule has 0 unspecified atom stereocenters. The van der Waals surface area contributed by atoms with Crippen LogP contribution >= 0.6 is 11.6 Å². The first-order chi connectivity index (χ1) is 15.8. The van der Waals surface area contributed by atoms with Gasteiger partial charge in [0.1, 0.15) is 23.2 Å². The molecule has 10 heteroatoms. The second-order valence-corrected chi connectivity index (χ2v) is 7.01. The molecular formula is C23H18ClN3O6. The number of hydrogen-bond acceptors (Lipinski definition) is 8. The number of rotatable bonds is 7. The number of aromatic nitrogens is 1. The molecule has 33 heavy (non-hydrogen) atoms. The standard InChI is InChI=1S/C23H18ClN3O6/c1-13-7-20(27-33-13)26-22(28)16(12-25)8-14-9-18(24)21(19(10-14)31-3)32-23(29)15-5-4-6-17(11-15)30-2/h4-11H,1-3H3,(H,26,27,28)/b16-8-. The van der Waals surface area contributed by atoms with E-state index in [2.05, 4.69) is 10.5 Å². The Labute approximate surface area is 194 Å². The SMILES string of the molecule is COc1cccc(C(=O)Oc2c(Cl)cc(/C=C(/C#N)C(=O)Nc3cc(C)on3)cc2OC)c1. The van der Waals surface area contributed by atoms with Gasteiger partial charge in [-0.3, -0.25) is 4.79 Å². The van der Waals surface area contributed by atoms with Crippen molar-refractivity contribution < 1.29 is 28.3 Å². The van der Waals surface area contributed by atoms with Crippen LogP contribution in [0.1, 0.15) is 21.7 Å². The second kappa shape index (κ2) is 10.3. The number of hydrogen-bond donors (Lipinski definition) is 1. The van der Waals surface area contributed by atoms with E-state index in [0.717, 1.165) is 0 Å². The summed E-state index contributed by atoms with van der Waals surface area (Å²) < 4.78 is 20.7. The fourth-order valence-corrected chi connectivity index (χ4v) is 3.01. The van der Waals surface area contributed by atoms with Crippen molar-refractivity contribution in [2.24, 2.45) is 0 Å². The van der Waals surface area contributed by atoms with Crippen molar-refractivity contribution >= 4 is 35.4 Å². The highest BCUT2D eigenvalue weighted by atomic mass is 35.5. The number of carbonyl (C=O) groups excluding carboxylic acids is 2. The molecule has 0 saturated carbocycles. The maximum absolute atomic E-state index is 12.6. The minimum atomic E-state index is -0.686. The predicted molar refractivity (Wildman–Crippen MR) is 119 cm³/mol. The highest BCUT2D eigenvalue weighted by Gasteiger charge is 2.19. The van der Waals surface area contributed by atoms with Crippen molar-refractivity contribution in [1.82, 2.24) is 5.16 Å². The Morgan fingerprint density at radius 1 is 1.18 bits per heavy atom. The van der Waals surface area contributed by atoms with Gasteiger partial charge in [-0.1, -0.05) is 22.8 Å². The van der Waals surface area contributed by atoms with E-state index in [1.807, 2.05) is 6.07 Å². The van der Waals surface area contributed by atoms with Gasteiger partial charge < -0.3 is 24.1 Å². The topological polar surface area (TPSA) is 124 Å². The zero-order chi connectivity index (χ0) is 24.0. The second-order valence-electron chi connectivity index (χ2n) is 6.60. The van der Waals surface area contributed by atoms with Crippen molar-refractivity contribution in [3.63, 3.8) is 0 Å². The smallest absolute Gasteiger partial charge is 0.343 e. The van der Waals surface area contributed by atoms with Crippen molar-refractivity contribution in [2.45, 2.75) is 6.92 Å². The molecule has 0 fully saturated rings. The van der Waals surface area contributed by atoms with Gasteiger partial charge >= 0.3 is 5.97 Å². The number of amides is 1. The third-order valence-electron chi connectivity index (χ3n) is 4.30. The van der Waals surface area contributed by atoms with E-state index in [9.17, 15) is 14.9 Å². The summed E-state index contributed by atoms with van der Waals surface area (Å²) >= 11 is 6.33. The summed E-state index contributed by atoms with van der Waals surface area (Å²) in [6, 6.07) is 12.7. The van der Waals surface area contributed by atoms with Gasteiger partial charge in [0.15, 0.2) is 17.3 Å². The molecule has 0 bridgehead atoms. The van der Waals surface area contributed by atoms with E-state index < -0.39 is 11.9 Å². The Morgan fingerprint density at radius 3 is 2.61 bits per heavy atom. The van der Waals surface area contributed by atoms with Gasteiger partial charge in [0.2, 0.25) is 0 Å². The monoisotopic (exact) mass is 467 g/mol. The van der Waals surface area contributed by atoms with Crippen LogP contribution < -0.4 is 19.5 Å². The molecule has 0 spiro atoms. The van der Waals surface area contributed by atoms with E-state index in [1.165, 1.54) is 44.6 Å². The highest BCUT2D eigenvalue weighted by molar-refractivity contribution is 6.32. The van der Waals surface area contributed by atoms with Gasteiger partial charge in [0.05, 0.1) is 24.8 Å². The van der Waals surface area contributed by atoms with E-state index in [-0.39, 0.29) is 33.5 Å². The van der Waals surface area contributed by atoms with E-state index in [1.54, 1.807) is 25.1 Å².